The fourth-order valence-electron chi connectivity index (χ4n) is 2.84. The summed E-state index contributed by atoms with van der Waals surface area (Å²) in [6.45, 7) is 2.19. The summed E-state index contributed by atoms with van der Waals surface area (Å²) < 4.78 is 0.991. The molecule has 0 spiro atoms. The highest BCUT2D eigenvalue weighted by atomic mass is 79.9. The van der Waals surface area contributed by atoms with Crippen molar-refractivity contribution in [1.82, 2.24) is 0 Å². The first-order valence-corrected chi connectivity index (χ1v) is 7.36. The van der Waals surface area contributed by atoms with E-state index in [2.05, 4.69) is 22.9 Å². The Balaban J connectivity index is 2.10. The van der Waals surface area contributed by atoms with Crippen LogP contribution in [-0.2, 0) is 11.2 Å². The molecule has 2 rings (SSSR count). The van der Waals surface area contributed by atoms with E-state index in [1.807, 2.05) is 24.3 Å². The maximum Gasteiger partial charge on any atom is 0.157 e. The van der Waals surface area contributed by atoms with Crippen molar-refractivity contribution >= 4 is 21.7 Å². The number of carbonyl (C=O) groups is 1. The lowest BCUT2D eigenvalue weighted by atomic mass is 9.73. The van der Waals surface area contributed by atoms with Crippen molar-refractivity contribution in [2.45, 2.75) is 44.6 Å². The third kappa shape index (κ3) is 3.01. The molecule has 1 aromatic carbocycles. The van der Waals surface area contributed by atoms with Gasteiger partial charge in [-0.3, -0.25) is 4.79 Å². The summed E-state index contributed by atoms with van der Waals surface area (Å²) in [5.74, 6) is 0.743. The van der Waals surface area contributed by atoms with Crippen molar-refractivity contribution in [3.8, 4) is 0 Å². The highest BCUT2D eigenvalue weighted by Gasteiger charge is 2.37. The maximum atomic E-state index is 12.4. The van der Waals surface area contributed by atoms with Crippen LogP contribution in [0.4, 0.5) is 0 Å². The quantitative estimate of drug-likeness (QED) is 0.929. The lowest BCUT2D eigenvalue weighted by molar-refractivity contribution is -0.125. The van der Waals surface area contributed by atoms with Crippen LogP contribution in [0.2, 0.25) is 0 Å². The minimum Gasteiger partial charge on any atom is -0.319 e. The Morgan fingerprint density at radius 3 is 2.89 bits per heavy atom. The van der Waals surface area contributed by atoms with Gasteiger partial charge in [-0.05, 0) is 30.4 Å². The molecule has 1 fully saturated rings. The fourth-order valence-corrected chi connectivity index (χ4v) is 3.26. The minimum absolute atomic E-state index is 0.181. The van der Waals surface area contributed by atoms with Crippen molar-refractivity contribution in [3.63, 3.8) is 0 Å². The second kappa shape index (κ2) is 5.54. The summed E-state index contributed by atoms with van der Waals surface area (Å²) in [6.07, 6.45) is 4.36. The molecule has 18 heavy (non-hydrogen) atoms. The van der Waals surface area contributed by atoms with Crippen LogP contribution in [0.1, 0.15) is 38.2 Å². The van der Waals surface area contributed by atoms with E-state index >= 15 is 0 Å². The van der Waals surface area contributed by atoms with Crippen LogP contribution in [0.25, 0.3) is 0 Å². The SMILES string of the molecule is CC1CCCC(N)(C(=O)Cc2ccccc2Br)C1. The van der Waals surface area contributed by atoms with Crippen molar-refractivity contribution < 1.29 is 4.79 Å². The van der Waals surface area contributed by atoms with Crippen LogP contribution in [0, 0.1) is 5.92 Å². The van der Waals surface area contributed by atoms with E-state index in [0.717, 1.165) is 29.3 Å². The molecule has 0 saturated heterocycles. The van der Waals surface area contributed by atoms with E-state index in [1.165, 1.54) is 6.42 Å². The fraction of sp³-hybridized carbons (Fsp3) is 0.533. The predicted octanol–water partition coefficient (Wildman–Crippen LogP) is 3.47. The molecule has 0 radical (unpaired) electrons. The molecule has 0 heterocycles. The Morgan fingerprint density at radius 2 is 2.22 bits per heavy atom. The topological polar surface area (TPSA) is 43.1 Å². The van der Waals surface area contributed by atoms with E-state index in [-0.39, 0.29) is 5.78 Å². The smallest absolute Gasteiger partial charge is 0.157 e. The van der Waals surface area contributed by atoms with E-state index < -0.39 is 5.54 Å². The van der Waals surface area contributed by atoms with Crippen LogP contribution in [0.5, 0.6) is 0 Å². The van der Waals surface area contributed by atoms with Gasteiger partial charge in [-0.2, -0.15) is 0 Å². The Labute approximate surface area is 117 Å². The molecule has 3 heteroatoms. The molecule has 0 bridgehead atoms. The van der Waals surface area contributed by atoms with Gasteiger partial charge in [-0.1, -0.05) is 53.9 Å². The highest BCUT2D eigenvalue weighted by molar-refractivity contribution is 9.10. The molecule has 1 aliphatic rings. The molecule has 2 unspecified atom stereocenters. The van der Waals surface area contributed by atoms with Crippen LogP contribution in [0.3, 0.4) is 0 Å². The van der Waals surface area contributed by atoms with Gasteiger partial charge in [0.25, 0.3) is 0 Å². The number of Topliss-reactive ketones (excluding diaryl/α,β-unsaturated/α-hetero) is 1. The molecular weight excluding hydrogens is 290 g/mol. The number of hydrogen-bond donors (Lipinski definition) is 1. The summed E-state index contributed by atoms with van der Waals surface area (Å²) >= 11 is 3.49. The zero-order valence-electron chi connectivity index (χ0n) is 10.8. The second-order valence-corrected chi connectivity index (χ2v) is 6.40. The van der Waals surface area contributed by atoms with Crippen molar-refractivity contribution in [2.75, 3.05) is 0 Å². The van der Waals surface area contributed by atoms with Crippen LogP contribution in [-0.4, -0.2) is 11.3 Å². The van der Waals surface area contributed by atoms with Gasteiger partial charge in [0.1, 0.15) is 0 Å². The number of halogens is 1. The number of benzene rings is 1. The van der Waals surface area contributed by atoms with E-state index in [0.29, 0.717) is 12.3 Å². The predicted molar refractivity (Wildman–Crippen MR) is 77.4 cm³/mol. The van der Waals surface area contributed by atoms with Gasteiger partial charge in [0.15, 0.2) is 5.78 Å². The first-order valence-electron chi connectivity index (χ1n) is 6.57. The third-order valence-electron chi connectivity index (χ3n) is 3.90. The molecule has 0 amide bonds. The minimum atomic E-state index is -0.604. The standard InChI is InChI=1S/C15H20BrNO/c1-11-5-4-8-15(17,10-11)14(18)9-12-6-2-3-7-13(12)16/h2-3,6-7,11H,4-5,8-10,17H2,1H3. The van der Waals surface area contributed by atoms with Crippen LogP contribution < -0.4 is 5.73 Å². The maximum absolute atomic E-state index is 12.4. The first-order chi connectivity index (χ1) is 8.51. The van der Waals surface area contributed by atoms with Gasteiger partial charge in [0, 0.05) is 10.9 Å². The summed E-state index contributed by atoms with van der Waals surface area (Å²) in [6, 6.07) is 7.87. The van der Waals surface area contributed by atoms with Gasteiger partial charge >= 0.3 is 0 Å². The summed E-state index contributed by atoms with van der Waals surface area (Å²) in [5, 5.41) is 0. The lowest BCUT2D eigenvalue weighted by Gasteiger charge is -2.35. The largest absolute Gasteiger partial charge is 0.319 e. The molecule has 98 valence electrons. The van der Waals surface area contributed by atoms with Crippen LogP contribution in [0.15, 0.2) is 28.7 Å². The Morgan fingerprint density at radius 1 is 1.50 bits per heavy atom. The average molecular weight is 310 g/mol. The number of carbonyl (C=O) groups excluding carboxylic acids is 1. The molecule has 1 saturated carbocycles. The zero-order chi connectivity index (χ0) is 13.2. The molecule has 0 aliphatic heterocycles. The molecular formula is C15H20BrNO. The van der Waals surface area contributed by atoms with Gasteiger partial charge in [-0.15, -0.1) is 0 Å². The van der Waals surface area contributed by atoms with Crippen molar-refractivity contribution in [1.29, 1.82) is 0 Å². The molecule has 1 aliphatic carbocycles. The summed E-state index contributed by atoms with van der Waals surface area (Å²) in [7, 11) is 0. The molecule has 2 atom stereocenters. The number of ketones is 1. The third-order valence-corrected chi connectivity index (χ3v) is 4.67. The number of nitrogens with two attached hydrogens (primary N) is 1. The Kier molecular flexibility index (Phi) is 4.23. The molecule has 0 aromatic heterocycles. The monoisotopic (exact) mass is 309 g/mol. The van der Waals surface area contributed by atoms with E-state index in [4.69, 9.17) is 5.73 Å². The molecule has 2 nitrogen and oxygen atoms in total. The molecule has 2 N–H and O–H groups in total. The van der Waals surface area contributed by atoms with Crippen LogP contribution >= 0.6 is 15.9 Å². The Bertz CT molecular complexity index is 446. The summed E-state index contributed by atoms with van der Waals surface area (Å²) in [4.78, 5) is 12.4. The number of rotatable bonds is 3. The van der Waals surface area contributed by atoms with E-state index in [9.17, 15) is 4.79 Å². The van der Waals surface area contributed by atoms with Gasteiger partial charge in [0.2, 0.25) is 0 Å². The van der Waals surface area contributed by atoms with Gasteiger partial charge in [-0.25, -0.2) is 0 Å². The van der Waals surface area contributed by atoms with E-state index in [1.54, 1.807) is 0 Å². The lowest BCUT2D eigenvalue weighted by Crippen LogP contribution is -2.51. The second-order valence-electron chi connectivity index (χ2n) is 5.55. The molecule has 1 aromatic rings. The normalized spacial score (nSPS) is 28.1. The Hall–Kier alpha value is -0.670. The van der Waals surface area contributed by atoms with Gasteiger partial charge in [0.05, 0.1) is 5.54 Å². The highest BCUT2D eigenvalue weighted by Crippen LogP contribution is 2.32. The zero-order valence-corrected chi connectivity index (χ0v) is 12.4. The number of hydrogen-bond acceptors (Lipinski definition) is 2. The van der Waals surface area contributed by atoms with Crippen molar-refractivity contribution in [3.05, 3.63) is 34.3 Å². The van der Waals surface area contributed by atoms with Crippen molar-refractivity contribution in [2.24, 2.45) is 11.7 Å². The average Bonchev–Trinajstić information content (AvgIpc) is 2.31. The van der Waals surface area contributed by atoms with Gasteiger partial charge < -0.3 is 5.73 Å². The first kappa shape index (κ1) is 13.8. The summed E-state index contributed by atoms with van der Waals surface area (Å²) in [5.41, 5.74) is 6.75.